The molecule has 0 saturated heterocycles. The van der Waals surface area contributed by atoms with E-state index in [-0.39, 0.29) is 19.3 Å². The predicted molar refractivity (Wildman–Crippen MR) is 74.6 cm³/mol. The average molecular weight is 289 g/mol. The van der Waals surface area contributed by atoms with Gasteiger partial charge >= 0.3 is 12.0 Å². The molecule has 0 bridgehead atoms. The van der Waals surface area contributed by atoms with E-state index in [4.69, 9.17) is 10.4 Å². The fourth-order valence-corrected chi connectivity index (χ4v) is 1.64. The summed E-state index contributed by atoms with van der Waals surface area (Å²) in [6.45, 7) is 0. The van der Waals surface area contributed by atoms with E-state index < -0.39 is 17.9 Å². The van der Waals surface area contributed by atoms with Gasteiger partial charge in [0.15, 0.2) is 0 Å². The Labute approximate surface area is 121 Å². The summed E-state index contributed by atoms with van der Waals surface area (Å²) in [5.74, 6) is -1.54. The van der Waals surface area contributed by atoms with Gasteiger partial charge in [-0.2, -0.15) is 5.26 Å². The van der Waals surface area contributed by atoms with Crippen LogP contribution in [0.5, 0.6) is 0 Å². The van der Waals surface area contributed by atoms with Crippen molar-refractivity contribution in [1.29, 1.82) is 5.26 Å². The molecule has 0 atom stereocenters. The number of urea groups is 1. The van der Waals surface area contributed by atoms with Crippen molar-refractivity contribution in [1.82, 2.24) is 5.32 Å². The summed E-state index contributed by atoms with van der Waals surface area (Å²) in [7, 11) is 1.44. The van der Waals surface area contributed by atoms with Crippen LogP contribution in [-0.2, 0) is 9.59 Å². The summed E-state index contributed by atoms with van der Waals surface area (Å²) in [5.41, 5.74) is 0.698. The second kappa shape index (κ2) is 7.65. The Bertz CT molecular complexity index is 592. The number of carbonyl (C=O) groups is 3. The number of nitrogens with zero attached hydrogens (tertiary/aromatic N) is 2. The van der Waals surface area contributed by atoms with E-state index in [0.29, 0.717) is 11.3 Å². The van der Waals surface area contributed by atoms with E-state index in [0.717, 1.165) is 4.90 Å². The quantitative estimate of drug-likeness (QED) is 0.853. The third kappa shape index (κ3) is 4.95. The van der Waals surface area contributed by atoms with Crippen molar-refractivity contribution in [2.45, 2.75) is 19.3 Å². The Balaban J connectivity index is 2.61. The molecule has 0 aliphatic rings. The molecule has 110 valence electrons. The van der Waals surface area contributed by atoms with Gasteiger partial charge in [-0.05, 0) is 18.6 Å². The first-order chi connectivity index (χ1) is 9.95. The van der Waals surface area contributed by atoms with Crippen LogP contribution in [0.3, 0.4) is 0 Å². The summed E-state index contributed by atoms with van der Waals surface area (Å²) in [5, 5.41) is 19.6. The summed E-state index contributed by atoms with van der Waals surface area (Å²) >= 11 is 0. The van der Waals surface area contributed by atoms with Crippen molar-refractivity contribution in [2.24, 2.45) is 0 Å². The number of hydrogen-bond donors (Lipinski definition) is 2. The number of benzene rings is 1. The van der Waals surface area contributed by atoms with Crippen LogP contribution in [0.4, 0.5) is 10.5 Å². The van der Waals surface area contributed by atoms with Crippen molar-refractivity contribution in [3.63, 3.8) is 0 Å². The Morgan fingerprint density at radius 2 is 1.95 bits per heavy atom. The lowest BCUT2D eigenvalue weighted by molar-refractivity contribution is -0.137. The van der Waals surface area contributed by atoms with Crippen LogP contribution >= 0.6 is 0 Å². The molecule has 2 N–H and O–H groups in total. The van der Waals surface area contributed by atoms with Crippen molar-refractivity contribution in [3.05, 3.63) is 29.8 Å². The normalized spacial score (nSPS) is 9.52. The van der Waals surface area contributed by atoms with Crippen LogP contribution in [0.2, 0.25) is 0 Å². The number of anilines is 1. The number of hydrogen-bond acceptors (Lipinski definition) is 4. The lowest BCUT2D eigenvalue weighted by Crippen LogP contribution is -2.41. The van der Waals surface area contributed by atoms with Crippen molar-refractivity contribution in [3.8, 4) is 6.07 Å². The maximum atomic E-state index is 11.9. The Kier molecular flexibility index (Phi) is 5.89. The highest BCUT2D eigenvalue weighted by Gasteiger charge is 2.16. The zero-order valence-corrected chi connectivity index (χ0v) is 11.5. The topological polar surface area (TPSA) is 110 Å². The van der Waals surface area contributed by atoms with Gasteiger partial charge in [-0.15, -0.1) is 0 Å². The molecule has 7 heteroatoms. The molecule has 0 saturated carbocycles. The molecule has 0 aromatic heterocycles. The molecule has 0 unspecified atom stereocenters. The smallest absolute Gasteiger partial charge is 0.328 e. The van der Waals surface area contributed by atoms with Gasteiger partial charge in [0.05, 0.1) is 11.3 Å². The number of carboxylic acids is 1. The predicted octanol–water partition coefficient (Wildman–Crippen LogP) is 1.49. The maximum absolute atomic E-state index is 11.9. The van der Waals surface area contributed by atoms with E-state index in [9.17, 15) is 14.4 Å². The highest BCUT2D eigenvalue weighted by molar-refractivity contribution is 6.02. The minimum atomic E-state index is -0.991. The van der Waals surface area contributed by atoms with Crippen LogP contribution in [0.25, 0.3) is 0 Å². The molecule has 1 rings (SSSR count). The SMILES string of the molecule is CN(C(=O)NC(=O)CCCC(=O)O)c1ccccc1C#N. The van der Waals surface area contributed by atoms with Crippen LogP contribution < -0.4 is 10.2 Å². The number of nitrogens with one attached hydrogen (secondary N) is 1. The molecule has 0 spiro atoms. The summed E-state index contributed by atoms with van der Waals surface area (Å²) in [6.07, 6.45) is -0.0204. The van der Waals surface area contributed by atoms with Crippen LogP contribution in [0, 0.1) is 11.3 Å². The maximum Gasteiger partial charge on any atom is 0.328 e. The van der Waals surface area contributed by atoms with Crippen molar-refractivity contribution >= 4 is 23.6 Å². The molecule has 0 aliphatic heterocycles. The Morgan fingerprint density at radius 3 is 2.57 bits per heavy atom. The first kappa shape index (κ1) is 16.2. The van der Waals surface area contributed by atoms with Gasteiger partial charge in [0, 0.05) is 19.9 Å². The Hall–Kier alpha value is -2.88. The number of aliphatic carboxylic acids is 1. The van der Waals surface area contributed by atoms with E-state index in [1.807, 2.05) is 6.07 Å². The molecule has 3 amide bonds. The Morgan fingerprint density at radius 1 is 1.29 bits per heavy atom. The first-order valence-corrected chi connectivity index (χ1v) is 6.24. The molecular weight excluding hydrogens is 274 g/mol. The minimum absolute atomic E-state index is 0.0498. The third-order valence-electron chi connectivity index (χ3n) is 2.73. The van der Waals surface area contributed by atoms with Crippen LogP contribution in [-0.4, -0.2) is 30.1 Å². The summed E-state index contributed by atoms with van der Waals surface area (Å²) in [4.78, 5) is 34.9. The van der Waals surface area contributed by atoms with E-state index in [1.165, 1.54) is 7.05 Å². The molecule has 21 heavy (non-hydrogen) atoms. The van der Waals surface area contributed by atoms with Crippen molar-refractivity contribution in [2.75, 3.05) is 11.9 Å². The number of carboxylic acid groups (broad SMARTS) is 1. The zero-order chi connectivity index (χ0) is 15.8. The summed E-state index contributed by atoms with van der Waals surface area (Å²) in [6, 6.07) is 7.79. The zero-order valence-electron chi connectivity index (χ0n) is 11.5. The number of nitriles is 1. The van der Waals surface area contributed by atoms with Gasteiger partial charge in [0.25, 0.3) is 0 Å². The summed E-state index contributed by atoms with van der Waals surface area (Å²) < 4.78 is 0. The number of rotatable bonds is 5. The van der Waals surface area contributed by atoms with Gasteiger partial charge in [0.1, 0.15) is 6.07 Å². The van der Waals surface area contributed by atoms with E-state index >= 15 is 0 Å². The highest BCUT2D eigenvalue weighted by atomic mass is 16.4. The third-order valence-corrected chi connectivity index (χ3v) is 2.73. The lowest BCUT2D eigenvalue weighted by Gasteiger charge is -2.18. The number of imide groups is 1. The van der Waals surface area contributed by atoms with Crippen molar-refractivity contribution < 1.29 is 19.5 Å². The first-order valence-electron chi connectivity index (χ1n) is 6.24. The van der Waals surface area contributed by atoms with Gasteiger partial charge in [-0.3, -0.25) is 19.8 Å². The molecular formula is C14H15N3O4. The fourth-order valence-electron chi connectivity index (χ4n) is 1.64. The molecule has 0 heterocycles. The standard InChI is InChI=1S/C14H15N3O4/c1-17(11-6-3-2-5-10(11)9-15)14(21)16-12(18)7-4-8-13(19)20/h2-3,5-6H,4,7-8H2,1H3,(H,19,20)(H,16,18,21). The minimum Gasteiger partial charge on any atom is -0.481 e. The van der Waals surface area contributed by atoms with Gasteiger partial charge in [0.2, 0.25) is 5.91 Å². The molecule has 0 radical (unpaired) electrons. The number of para-hydroxylation sites is 1. The van der Waals surface area contributed by atoms with E-state index in [2.05, 4.69) is 5.32 Å². The fraction of sp³-hybridized carbons (Fsp3) is 0.286. The average Bonchev–Trinajstić information content (AvgIpc) is 2.45. The van der Waals surface area contributed by atoms with Crippen LogP contribution in [0.1, 0.15) is 24.8 Å². The van der Waals surface area contributed by atoms with Crippen LogP contribution in [0.15, 0.2) is 24.3 Å². The molecule has 0 aliphatic carbocycles. The lowest BCUT2D eigenvalue weighted by atomic mass is 10.2. The van der Waals surface area contributed by atoms with Gasteiger partial charge in [-0.25, -0.2) is 4.79 Å². The highest BCUT2D eigenvalue weighted by Crippen LogP contribution is 2.17. The monoisotopic (exact) mass is 289 g/mol. The molecule has 1 aromatic carbocycles. The van der Waals surface area contributed by atoms with Gasteiger partial charge in [-0.1, -0.05) is 12.1 Å². The number of carbonyl (C=O) groups excluding carboxylic acids is 2. The largest absolute Gasteiger partial charge is 0.481 e. The van der Waals surface area contributed by atoms with E-state index in [1.54, 1.807) is 24.3 Å². The second-order valence-corrected chi connectivity index (χ2v) is 4.29. The molecule has 7 nitrogen and oxygen atoms in total. The molecule has 0 fully saturated rings. The molecule has 1 aromatic rings. The second-order valence-electron chi connectivity index (χ2n) is 4.29. The number of amides is 3. The van der Waals surface area contributed by atoms with Gasteiger partial charge < -0.3 is 5.11 Å².